The maximum atomic E-state index is 13.2. The number of morpholine rings is 1. The summed E-state index contributed by atoms with van der Waals surface area (Å²) in [6.45, 7) is 3.39. The average molecular weight is 419 g/mol. The predicted octanol–water partition coefficient (Wildman–Crippen LogP) is 2.57. The molecule has 7 heteroatoms. The largest absolute Gasteiger partial charge is 0.379 e. The van der Waals surface area contributed by atoms with Gasteiger partial charge < -0.3 is 10.1 Å². The summed E-state index contributed by atoms with van der Waals surface area (Å²) in [5.74, 6) is 2.77. The monoisotopic (exact) mass is 418 g/mol. The molecule has 0 spiro atoms. The second-order valence-corrected chi connectivity index (χ2v) is 11.4. The molecular weight excluding hydrogens is 388 g/mol. The van der Waals surface area contributed by atoms with Gasteiger partial charge in [0.1, 0.15) is 0 Å². The van der Waals surface area contributed by atoms with E-state index in [1.54, 1.807) is 18.2 Å². The molecule has 5 fully saturated rings. The quantitative estimate of drug-likeness (QED) is 0.815. The smallest absolute Gasteiger partial charge is 0.251 e. The van der Waals surface area contributed by atoms with Gasteiger partial charge in [0.2, 0.25) is 10.0 Å². The minimum atomic E-state index is -3.61. The van der Waals surface area contributed by atoms with Gasteiger partial charge in [0.25, 0.3) is 5.91 Å². The molecule has 5 aliphatic rings. The number of ether oxygens (including phenoxy) is 1. The van der Waals surface area contributed by atoms with E-state index in [4.69, 9.17) is 4.74 Å². The number of carbonyl (C=O) groups is 1. The summed E-state index contributed by atoms with van der Waals surface area (Å²) in [6, 6.07) is 5.17. The van der Waals surface area contributed by atoms with Crippen molar-refractivity contribution in [2.24, 2.45) is 23.7 Å². The second-order valence-electron chi connectivity index (χ2n) is 9.42. The lowest BCUT2D eigenvalue weighted by molar-refractivity contribution is -0.0119. The molecule has 4 aliphatic carbocycles. The van der Waals surface area contributed by atoms with Gasteiger partial charge in [0, 0.05) is 24.7 Å². The standard InChI is InChI=1S/C22H30N2O4S/c1-14-2-3-19(29(26,27)24-4-6-28-7-5-24)13-20(14)22(25)23-21-17-9-15-8-16(11-17)12-18(21)10-15/h2-3,13,15-18,21H,4-12H2,1H3,(H,23,25). The SMILES string of the molecule is Cc1ccc(S(=O)(=O)N2CCOCC2)cc1C(=O)NC1C2CC3CC(C2)CC1C3. The first-order valence-corrected chi connectivity index (χ1v) is 12.3. The summed E-state index contributed by atoms with van der Waals surface area (Å²) in [5, 5.41) is 3.31. The Kier molecular flexibility index (Phi) is 4.95. The van der Waals surface area contributed by atoms with E-state index in [0.29, 0.717) is 43.7 Å². The molecule has 0 atom stereocenters. The molecule has 6 nitrogen and oxygen atoms in total. The molecule has 0 aromatic heterocycles. The number of nitrogens with one attached hydrogen (secondary N) is 1. The summed E-state index contributed by atoms with van der Waals surface area (Å²) in [7, 11) is -3.61. The number of hydrogen-bond acceptors (Lipinski definition) is 4. The van der Waals surface area contributed by atoms with Crippen LogP contribution in [0.25, 0.3) is 0 Å². The van der Waals surface area contributed by atoms with Crippen LogP contribution in [0.15, 0.2) is 23.1 Å². The number of sulfonamides is 1. The van der Waals surface area contributed by atoms with Crippen molar-refractivity contribution in [2.45, 2.75) is 50.0 Å². The van der Waals surface area contributed by atoms with Crippen LogP contribution in [0.2, 0.25) is 0 Å². The summed E-state index contributed by atoms with van der Waals surface area (Å²) >= 11 is 0. The number of benzene rings is 1. The van der Waals surface area contributed by atoms with Crippen molar-refractivity contribution in [3.05, 3.63) is 29.3 Å². The predicted molar refractivity (Wildman–Crippen MR) is 109 cm³/mol. The first kappa shape index (κ1) is 19.5. The Labute approximate surface area is 173 Å². The van der Waals surface area contributed by atoms with E-state index < -0.39 is 10.0 Å². The van der Waals surface area contributed by atoms with E-state index in [1.807, 2.05) is 6.92 Å². The third-order valence-electron chi connectivity index (χ3n) is 7.59. The minimum absolute atomic E-state index is 0.126. The van der Waals surface area contributed by atoms with Crippen molar-refractivity contribution in [1.82, 2.24) is 9.62 Å². The van der Waals surface area contributed by atoms with E-state index in [2.05, 4.69) is 5.32 Å². The first-order chi connectivity index (χ1) is 13.9. The fourth-order valence-corrected chi connectivity index (χ4v) is 7.77. The zero-order chi connectivity index (χ0) is 20.2. The lowest BCUT2D eigenvalue weighted by Gasteiger charge is -2.54. The van der Waals surface area contributed by atoms with Crippen LogP contribution in [0.1, 0.15) is 48.0 Å². The van der Waals surface area contributed by atoms with E-state index in [-0.39, 0.29) is 16.8 Å². The molecule has 1 saturated heterocycles. The normalized spacial score (nSPS) is 34.3. The molecule has 1 aromatic carbocycles. The molecule has 0 radical (unpaired) electrons. The third kappa shape index (κ3) is 3.51. The van der Waals surface area contributed by atoms with Gasteiger partial charge in [-0.15, -0.1) is 0 Å². The molecule has 4 saturated carbocycles. The first-order valence-electron chi connectivity index (χ1n) is 10.9. The van der Waals surface area contributed by atoms with Gasteiger partial charge in [-0.1, -0.05) is 6.07 Å². The zero-order valence-electron chi connectivity index (χ0n) is 17.0. The van der Waals surface area contributed by atoms with Crippen molar-refractivity contribution >= 4 is 15.9 Å². The lowest BCUT2D eigenvalue weighted by Crippen LogP contribution is -2.55. The van der Waals surface area contributed by atoms with Crippen LogP contribution in [0.4, 0.5) is 0 Å². The fourth-order valence-electron chi connectivity index (χ4n) is 6.33. The molecule has 1 N–H and O–H groups in total. The number of carbonyl (C=O) groups excluding carboxylic acids is 1. The Morgan fingerprint density at radius 2 is 1.66 bits per heavy atom. The van der Waals surface area contributed by atoms with Gasteiger partial charge in [-0.2, -0.15) is 4.31 Å². The highest BCUT2D eigenvalue weighted by atomic mass is 32.2. The lowest BCUT2D eigenvalue weighted by atomic mass is 9.54. The molecule has 1 heterocycles. The van der Waals surface area contributed by atoms with Gasteiger partial charge in [0.15, 0.2) is 0 Å². The second kappa shape index (κ2) is 7.36. The zero-order valence-corrected chi connectivity index (χ0v) is 17.8. The number of nitrogens with zero attached hydrogens (tertiary/aromatic N) is 1. The highest BCUT2D eigenvalue weighted by Gasteiger charge is 2.48. The van der Waals surface area contributed by atoms with E-state index >= 15 is 0 Å². The van der Waals surface area contributed by atoms with E-state index in [9.17, 15) is 13.2 Å². The van der Waals surface area contributed by atoms with Crippen LogP contribution in [-0.2, 0) is 14.8 Å². The van der Waals surface area contributed by atoms with Crippen molar-refractivity contribution in [1.29, 1.82) is 0 Å². The summed E-state index contributed by atoms with van der Waals surface area (Å²) in [6.07, 6.45) is 6.34. The topological polar surface area (TPSA) is 75.7 Å². The maximum Gasteiger partial charge on any atom is 0.251 e. The van der Waals surface area contributed by atoms with Gasteiger partial charge in [0.05, 0.1) is 18.1 Å². The Bertz CT molecular complexity index is 879. The van der Waals surface area contributed by atoms with Crippen LogP contribution in [-0.4, -0.2) is 51.0 Å². The maximum absolute atomic E-state index is 13.2. The highest BCUT2D eigenvalue weighted by molar-refractivity contribution is 7.89. The Hall–Kier alpha value is -1.44. The van der Waals surface area contributed by atoms with E-state index in [0.717, 1.165) is 17.4 Å². The van der Waals surface area contributed by atoms with Gasteiger partial charge in [-0.25, -0.2) is 8.42 Å². The summed E-state index contributed by atoms with van der Waals surface area (Å²) in [4.78, 5) is 13.4. The molecule has 1 amide bonds. The van der Waals surface area contributed by atoms with Crippen molar-refractivity contribution in [3.8, 4) is 0 Å². The van der Waals surface area contributed by atoms with Crippen LogP contribution >= 0.6 is 0 Å². The van der Waals surface area contributed by atoms with Gasteiger partial charge in [-0.05, 0) is 80.4 Å². The Balaban J connectivity index is 1.37. The van der Waals surface area contributed by atoms with Crippen molar-refractivity contribution in [2.75, 3.05) is 26.3 Å². The molecule has 158 valence electrons. The van der Waals surface area contributed by atoms with Crippen molar-refractivity contribution in [3.63, 3.8) is 0 Å². The minimum Gasteiger partial charge on any atom is -0.379 e. The van der Waals surface area contributed by atoms with Crippen LogP contribution < -0.4 is 5.32 Å². The molecular formula is C22H30N2O4S. The van der Waals surface area contributed by atoms with Crippen LogP contribution in [0, 0.1) is 30.6 Å². The molecule has 6 rings (SSSR count). The number of hydrogen-bond donors (Lipinski definition) is 1. The van der Waals surface area contributed by atoms with Crippen LogP contribution in [0.5, 0.6) is 0 Å². The Morgan fingerprint density at radius 3 is 2.28 bits per heavy atom. The molecule has 29 heavy (non-hydrogen) atoms. The summed E-state index contributed by atoms with van der Waals surface area (Å²) in [5.41, 5.74) is 1.29. The number of amides is 1. The van der Waals surface area contributed by atoms with Gasteiger partial charge in [-0.3, -0.25) is 4.79 Å². The molecule has 0 unspecified atom stereocenters. The summed E-state index contributed by atoms with van der Waals surface area (Å²) < 4.78 is 32.7. The molecule has 4 bridgehead atoms. The fraction of sp³-hybridized carbons (Fsp3) is 0.682. The molecule has 1 aliphatic heterocycles. The van der Waals surface area contributed by atoms with Gasteiger partial charge >= 0.3 is 0 Å². The van der Waals surface area contributed by atoms with Crippen LogP contribution in [0.3, 0.4) is 0 Å². The van der Waals surface area contributed by atoms with Crippen molar-refractivity contribution < 1.29 is 17.9 Å². The average Bonchev–Trinajstić information content (AvgIpc) is 2.71. The Morgan fingerprint density at radius 1 is 1.03 bits per heavy atom. The number of rotatable bonds is 4. The van der Waals surface area contributed by atoms with E-state index in [1.165, 1.54) is 36.4 Å². The highest BCUT2D eigenvalue weighted by Crippen LogP contribution is 2.53. The third-order valence-corrected chi connectivity index (χ3v) is 9.48. The number of aryl methyl sites for hydroxylation is 1. The molecule has 1 aromatic rings.